The molecule has 1 aromatic carbocycles. The van der Waals surface area contributed by atoms with E-state index in [1.807, 2.05) is 20.8 Å². The predicted octanol–water partition coefficient (Wildman–Crippen LogP) is 4.45. The number of aromatic nitrogens is 2. The molecule has 0 radical (unpaired) electrons. The van der Waals surface area contributed by atoms with E-state index < -0.39 is 11.7 Å². The lowest BCUT2D eigenvalue weighted by molar-refractivity contribution is -0.137. The van der Waals surface area contributed by atoms with Crippen molar-refractivity contribution in [1.82, 2.24) is 9.55 Å². The quantitative estimate of drug-likeness (QED) is 0.836. The molecule has 0 bridgehead atoms. The third-order valence-electron chi connectivity index (χ3n) is 3.82. The van der Waals surface area contributed by atoms with Crippen molar-refractivity contribution in [2.24, 2.45) is 11.3 Å². The fraction of sp³-hybridized carbons (Fsp3) is 0.412. The molecule has 6 heteroatoms. The molecule has 1 atom stereocenters. The predicted molar refractivity (Wildman–Crippen MR) is 80.9 cm³/mol. The number of hydrogen-bond donors (Lipinski definition) is 0. The van der Waals surface area contributed by atoms with Crippen LogP contribution >= 0.6 is 0 Å². The van der Waals surface area contributed by atoms with E-state index >= 15 is 0 Å². The van der Waals surface area contributed by atoms with E-state index in [9.17, 15) is 18.0 Å². The van der Waals surface area contributed by atoms with Crippen molar-refractivity contribution in [3.63, 3.8) is 0 Å². The average Bonchev–Trinajstić information content (AvgIpc) is 2.96. The lowest BCUT2D eigenvalue weighted by Gasteiger charge is -2.29. The van der Waals surface area contributed by atoms with Crippen LogP contribution < -0.4 is 0 Å². The van der Waals surface area contributed by atoms with E-state index in [4.69, 9.17) is 0 Å². The van der Waals surface area contributed by atoms with Gasteiger partial charge in [-0.3, -0.25) is 9.36 Å². The molecule has 2 rings (SSSR count). The maximum absolute atomic E-state index is 12.6. The highest BCUT2D eigenvalue weighted by atomic mass is 19.4. The molecular weight excluding hydrogens is 305 g/mol. The van der Waals surface area contributed by atoms with E-state index in [0.29, 0.717) is 12.0 Å². The van der Waals surface area contributed by atoms with Gasteiger partial charge in [0.15, 0.2) is 0 Å². The second-order valence-electron chi connectivity index (χ2n) is 6.63. The smallest absolute Gasteiger partial charge is 0.276 e. The van der Waals surface area contributed by atoms with Crippen molar-refractivity contribution in [3.05, 3.63) is 54.1 Å². The first-order valence-corrected chi connectivity index (χ1v) is 7.27. The number of nitrogens with zero attached hydrogens (tertiary/aromatic N) is 2. The number of rotatable bonds is 3. The Labute approximate surface area is 133 Å². The molecule has 0 aliphatic carbocycles. The van der Waals surface area contributed by atoms with Crippen molar-refractivity contribution in [2.75, 3.05) is 0 Å². The van der Waals surface area contributed by atoms with Crippen molar-refractivity contribution in [3.8, 4) is 0 Å². The monoisotopic (exact) mass is 324 g/mol. The van der Waals surface area contributed by atoms with Crippen LogP contribution in [0.15, 0.2) is 43.0 Å². The maximum atomic E-state index is 12.6. The first-order valence-electron chi connectivity index (χ1n) is 7.27. The van der Waals surface area contributed by atoms with Gasteiger partial charge in [0.05, 0.1) is 5.56 Å². The molecule has 124 valence electrons. The van der Waals surface area contributed by atoms with Crippen LogP contribution in [0.1, 0.15) is 36.7 Å². The normalized spacial score (nSPS) is 13.8. The second-order valence-corrected chi connectivity index (χ2v) is 6.63. The number of imidazole rings is 1. The molecule has 0 spiro atoms. The summed E-state index contributed by atoms with van der Waals surface area (Å²) in [6.07, 6.45) is 0.560. The zero-order valence-corrected chi connectivity index (χ0v) is 13.3. The lowest BCUT2D eigenvalue weighted by Crippen LogP contribution is -2.33. The van der Waals surface area contributed by atoms with E-state index in [1.54, 1.807) is 6.20 Å². The van der Waals surface area contributed by atoms with Gasteiger partial charge in [-0.05, 0) is 29.5 Å². The van der Waals surface area contributed by atoms with Gasteiger partial charge in [-0.1, -0.05) is 32.9 Å². The summed E-state index contributed by atoms with van der Waals surface area (Å²) in [6, 6.07) is 4.97. The van der Waals surface area contributed by atoms with Gasteiger partial charge in [0.2, 0.25) is 5.91 Å². The van der Waals surface area contributed by atoms with Gasteiger partial charge < -0.3 is 0 Å². The number of hydrogen-bond acceptors (Lipinski definition) is 2. The van der Waals surface area contributed by atoms with Gasteiger partial charge in [0, 0.05) is 18.3 Å². The number of carbonyl (C=O) groups excluding carboxylic acids is 1. The highest BCUT2D eigenvalue weighted by Crippen LogP contribution is 2.32. The zero-order chi connectivity index (χ0) is 17.3. The molecular formula is C17H19F3N2O. The summed E-state index contributed by atoms with van der Waals surface area (Å²) in [6.45, 7) is 5.82. The number of halogens is 3. The van der Waals surface area contributed by atoms with Crippen LogP contribution in [0.3, 0.4) is 0 Å². The Morgan fingerprint density at radius 2 is 1.78 bits per heavy atom. The van der Waals surface area contributed by atoms with E-state index in [2.05, 4.69) is 4.98 Å². The molecule has 1 aromatic heterocycles. The van der Waals surface area contributed by atoms with Crippen molar-refractivity contribution in [1.29, 1.82) is 0 Å². The van der Waals surface area contributed by atoms with Gasteiger partial charge in [-0.15, -0.1) is 0 Å². The third-order valence-corrected chi connectivity index (χ3v) is 3.82. The van der Waals surface area contributed by atoms with Crippen LogP contribution in [0.25, 0.3) is 0 Å². The molecule has 1 unspecified atom stereocenters. The highest BCUT2D eigenvalue weighted by molar-refractivity contribution is 5.82. The third kappa shape index (κ3) is 4.21. The summed E-state index contributed by atoms with van der Waals surface area (Å²) >= 11 is 0. The zero-order valence-electron chi connectivity index (χ0n) is 13.3. The molecule has 0 aliphatic heterocycles. The molecule has 0 fully saturated rings. The largest absolute Gasteiger partial charge is 0.416 e. The lowest BCUT2D eigenvalue weighted by atomic mass is 9.76. The minimum Gasteiger partial charge on any atom is -0.276 e. The van der Waals surface area contributed by atoms with Crippen LogP contribution in [0.5, 0.6) is 0 Å². The van der Waals surface area contributed by atoms with E-state index in [1.165, 1.54) is 29.2 Å². The summed E-state index contributed by atoms with van der Waals surface area (Å²) in [5.41, 5.74) is -0.315. The summed E-state index contributed by atoms with van der Waals surface area (Å²) in [7, 11) is 0. The molecule has 0 saturated carbocycles. The van der Waals surface area contributed by atoms with Gasteiger partial charge in [0.1, 0.15) is 6.33 Å². The average molecular weight is 324 g/mol. The fourth-order valence-corrected chi connectivity index (χ4v) is 2.40. The molecule has 23 heavy (non-hydrogen) atoms. The Morgan fingerprint density at radius 1 is 1.17 bits per heavy atom. The van der Waals surface area contributed by atoms with Gasteiger partial charge in [-0.25, -0.2) is 4.98 Å². The molecule has 0 N–H and O–H groups in total. The molecule has 2 aromatic rings. The summed E-state index contributed by atoms with van der Waals surface area (Å²) in [4.78, 5) is 16.5. The van der Waals surface area contributed by atoms with Gasteiger partial charge in [0.25, 0.3) is 0 Å². The summed E-state index contributed by atoms with van der Waals surface area (Å²) in [5.74, 6) is -0.483. The maximum Gasteiger partial charge on any atom is 0.416 e. The topological polar surface area (TPSA) is 34.9 Å². The fourth-order valence-electron chi connectivity index (χ4n) is 2.40. The van der Waals surface area contributed by atoms with Crippen LogP contribution in [0, 0.1) is 11.3 Å². The van der Waals surface area contributed by atoms with Crippen LogP contribution in [-0.2, 0) is 12.6 Å². The SMILES string of the molecule is CC(C)(C)C(Cc1ccc(C(F)(F)F)cc1)C(=O)n1ccnc1. The van der Waals surface area contributed by atoms with E-state index in [-0.39, 0.29) is 17.2 Å². The van der Waals surface area contributed by atoms with Gasteiger partial charge >= 0.3 is 6.18 Å². The van der Waals surface area contributed by atoms with Crippen LogP contribution in [-0.4, -0.2) is 15.5 Å². The van der Waals surface area contributed by atoms with Crippen LogP contribution in [0.4, 0.5) is 13.2 Å². The van der Waals surface area contributed by atoms with Gasteiger partial charge in [-0.2, -0.15) is 13.2 Å². The molecule has 1 heterocycles. The van der Waals surface area contributed by atoms with Crippen LogP contribution in [0.2, 0.25) is 0 Å². The minimum absolute atomic E-state index is 0.116. The highest BCUT2D eigenvalue weighted by Gasteiger charge is 2.33. The number of carbonyl (C=O) groups is 1. The Kier molecular flexibility index (Phi) is 4.63. The first-order chi connectivity index (χ1) is 10.6. The summed E-state index contributed by atoms with van der Waals surface area (Å²) < 4.78 is 39.3. The standard InChI is InChI=1S/C17H19F3N2O/c1-16(2,3)14(15(23)22-9-8-21-11-22)10-12-4-6-13(7-5-12)17(18,19)20/h4-9,11,14H,10H2,1-3H3. The Bertz CT molecular complexity index is 653. The summed E-state index contributed by atoms with van der Waals surface area (Å²) in [5, 5.41) is 0. The second kappa shape index (κ2) is 6.18. The first kappa shape index (κ1) is 17.2. The Morgan fingerprint density at radius 3 is 2.22 bits per heavy atom. The van der Waals surface area contributed by atoms with Crippen molar-refractivity contribution >= 4 is 5.91 Å². The number of benzene rings is 1. The minimum atomic E-state index is -4.35. The number of alkyl halides is 3. The van der Waals surface area contributed by atoms with Crippen molar-refractivity contribution in [2.45, 2.75) is 33.4 Å². The Hall–Kier alpha value is -2.11. The Balaban J connectivity index is 2.24. The van der Waals surface area contributed by atoms with Crippen molar-refractivity contribution < 1.29 is 18.0 Å². The molecule has 3 nitrogen and oxygen atoms in total. The molecule has 0 amide bonds. The van der Waals surface area contributed by atoms with E-state index in [0.717, 1.165) is 12.1 Å². The molecule has 0 saturated heterocycles. The molecule has 0 aliphatic rings.